The number of ether oxygens (including phenoxy) is 1. The normalized spacial score (nSPS) is 10.4. The minimum atomic E-state index is 0.298. The van der Waals surface area contributed by atoms with Gasteiger partial charge in [0.25, 0.3) is 0 Å². The van der Waals surface area contributed by atoms with E-state index in [2.05, 4.69) is 11.4 Å². The molecule has 0 aliphatic rings. The van der Waals surface area contributed by atoms with Crippen LogP contribution in [0.25, 0.3) is 0 Å². The van der Waals surface area contributed by atoms with Crippen LogP contribution in [0.5, 0.6) is 0 Å². The molecule has 0 heterocycles. The van der Waals surface area contributed by atoms with Crippen molar-refractivity contribution in [2.45, 2.75) is 6.42 Å². The number of thiocarbonyl (C=S) groups is 1. The number of nitrogens with two attached hydrogens (primary N) is 1. The van der Waals surface area contributed by atoms with E-state index < -0.39 is 0 Å². The molecule has 0 bridgehead atoms. The Kier molecular flexibility index (Phi) is 5.56. The van der Waals surface area contributed by atoms with E-state index in [9.17, 15) is 0 Å². The summed E-state index contributed by atoms with van der Waals surface area (Å²) in [6.07, 6.45) is 0.846. The number of hydrogen-bond donors (Lipinski definition) is 2. The van der Waals surface area contributed by atoms with Gasteiger partial charge in [-0.3, -0.25) is 0 Å². The largest absolute Gasteiger partial charge is 0.389 e. The average molecular weight is 321 g/mol. The summed E-state index contributed by atoms with van der Waals surface area (Å²) in [4.78, 5) is 0.298. The van der Waals surface area contributed by atoms with Crippen molar-refractivity contribution in [2.24, 2.45) is 5.73 Å². The summed E-state index contributed by atoms with van der Waals surface area (Å²) in [7, 11) is 1.70. The first-order chi connectivity index (χ1) is 10.1. The lowest BCUT2D eigenvalue weighted by Gasteiger charge is -2.13. The van der Waals surface area contributed by atoms with Crippen molar-refractivity contribution >= 4 is 40.2 Å². The number of para-hydroxylation sites is 1. The van der Waals surface area contributed by atoms with Crippen molar-refractivity contribution in [1.29, 1.82) is 0 Å². The third kappa shape index (κ3) is 4.17. The van der Waals surface area contributed by atoms with Crippen LogP contribution in [-0.2, 0) is 11.2 Å². The van der Waals surface area contributed by atoms with E-state index in [-0.39, 0.29) is 0 Å². The van der Waals surface area contributed by atoms with Crippen LogP contribution < -0.4 is 11.1 Å². The number of nitrogens with one attached hydrogen (secondary N) is 1. The Bertz CT molecular complexity index is 646. The molecule has 3 nitrogen and oxygen atoms in total. The molecular formula is C16H17ClN2OS. The minimum Gasteiger partial charge on any atom is -0.389 e. The van der Waals surface area contributed by atoms with Gasteiger partial charge >= 0.3 is 0 Å². The summed E-state index contributed by atoms with van der Waals surface area (Å²) >= 11 is 11.1. The van der Waals surface area contributed by atoms with Crippen LogP contribution in [0.4, 0.5) is 11.4 Å². The van der Waals surface area contributed by atoms with Crippen LogP contribution in [0.1, 0.15) is 11.1 Å². The molecule has 2 aromatic carbocycles. The van der Waals surface area contributed by atoms with Crippen LogP contribution >= 0.6 is 23.8 Å². The van der Waals surface area contributed by atoms with Gasteiger partial charge in [-0.1, -0.05) is 42.0 Å². The van der Waals surface area contributed by atoms with Gasteiger partial charge in [0.1, 0.15) is 4.99 Å². The number of benzene rings is 2. The second-order valence-corrected chi connectivity index (χ2v) is 5.43. The van der Waals surface area contributed by atoms with Crippen molar-refractivity contribution in [3.8, 4) is 0 Å². The van der Waals surface area contributed by atoms with Crippen LogP contribution in [0.2, 0.25) is 5.02 Å². The summed E-state index contributed by atoms with van der Waals surface area (Å²) in [5, 5.41) is 3.91. The topological polar surface area (TPSA) is 47.3 Å². The smallest absolute Gasteiger partial charge is 0.105 e. The molecule has 0 amide bonds. The highest BCUT2D eigenvalue weighted by atomic mass is 35.5. The zero-order chi connectivity index (χ0) is 15.2. The van der Waals surface area contributed by atoms with E-state index >= 15 is 0 Å². The Morgan fingerprint density at radius 1 is 1.29 bits per heavy atom. The van der Waals surface area contributed by atoms with Gasteiger partial charge in [-0.2, -0.15) is 0 Å². The van der Waals surface area contributed by atoms with Gasteiger partial charge in [-0.15, -0.1) is 0 Å². The van der Waals surface area contributed by atoms with E-state index in [0.717, 1.165) is 17.8 Å². The Balaban J connectivity index is 2.22. The van der Waals surface area contributed by atoms with Crippen molar-refractivity contribution in [3.63, 3.8) is 0 Å². The first-order valence-corrected chi connectivity index (χ1v) is 7.33. The summed E-state index contributed by atoms with van der Waals surface area (Å²) in [6.45, 7) is 0.680. The van der Waals surface area contributed by atoms with Gasteiger partial charge in [0.05, 0.1) is 11.6 Å². The van der Waals surface area contributed by atoms with E-state index in [0.29, 0.717) is 22.2 Å². The summed E-state index contributed by atoms with van der Waals surface area (Å²) < 4.78 is 5.14. The zero-order valence-corrected chi connectivity index (χ0v) is 13.3. The van der Waals surface area contributed by atoms with Gasteiger partial charge < -0.3 is 15.8 Å². The third-order valence-corrected chi connectivity index (χ3v) is 3.64. The van der Waals surface area contributed by atoms with Crippen molar-refractivity contribution in [1.82, 2.24) is 0 Å². The SMILES string of the molecule is COCCc1ccccc1Nc1ccc(C(N)=S)c(Cl)c1. The molecule has 0 saturated carbocycles. The molecule has 2 aromatic rings. The third-order valence-electron chi connectivity index (χ3n) is 3.11. The summed E-state index contributed by atoms with van der Waals surface area (Å²) in [6, 6.07) is 13.7. The molecule has 0 fully saturated rings. The fourth-order valence-corrected chi connectivity index (χ4v) is 2.54. The van der Waals surface area contributed by atoms with Crippen LogP contribution in [-0.4, -0.2) is 18.7 Å². The first-order valence-electron chi connectivity index (χ1n) is 6.55. The average Bonchev–Trinajstić information content (AvgIpc) is 2.46. The van der Waals surface area contributed by atoms with Gasteiger partial charge in [0, 0.05) is 24.0 Å². The van der Waals surface area contributed by atoms with Crippen LogP contribution in [0, 0.1) is 0 Å². The highest BCUT2D eigenvalue weighted by molar-refractivity contribution is 7.80. The molecular weight excluding hydrogens is 304 g/mol. The highest BCUT2D eigenvalue weighted by Crippen LogP contribution is 2.25. The summed E-state index contributed by atoms with van der Waals surface area (Å²) in [5.41, 5.74) is 9.41. The maximum absolute atomic E-state index is 6.19. The van der Waals surface area contributed by atoms with E-state index in [1.807, 2.05) is 36.4 Å². The van der Waals surface area contributed by atoms with E-state index in [1.54, 1.807) is 7.11 Å². The van der Waals surface area contributed by atoms with Crippen LogP contribution in [0.15, 0.2) is 42.5 Å². The Labute approximate surface area is 135 Å². The first kappa shape index (κ1) is 15.8. The van der Waals surface area contributed by atoms with Crippen LogP contribution in [0.3, 0.4) is 0 Å². The van der Waals surface area contributed by atoms with Crippen molar-refractivity contribution < 1.29 is 4.74 Å². The predicted molar refractivity (Wildman–Crippen MR) is 92.6 cm³/mol. The molecule has 0 aromatic heterocycles. The second-order valence-electron chi connectivity index (χ2n) is 4.58. The fourth-order valence-electron chi connectivity index (χ4n) is 2.02. The predicted octanol–water partition coefficient (Wildman–Crippen LogP) is 3.91. The second kappa shape index (κ2) is 7.41. The quantitative estimate of drug-likeness (QED) is 0.792. The molecule has 0 spiro atoms. The fraction of sp³-hybridized carbons (Fsp3) is 0.188. The Hall–Kier alpha value is -1.62. The standard InChI is InChI=1S/C16H17ClN2OS/c1-20-9-8-11-4-2-3-5-15(11)19-12-6-7-13(16(18)21)14(17)10-12/h2-7,10,19H,8-9H2,1H3,(H2,18,21). The highest BCUT2D eigenvalue weighted by Gasteiger charge is 2.06. The zero-order valence-electron chi connectivity index (χ0n) is 11.7. The summed E-state index contributed by atoms with van der Waals surface area (Å²) in [5.74, 6) is 0. The van der Waals surface area contributed by atoms with Gasteiger partial charge in [0.2, 0.25) is 0 Å². The maximum Gasteiger partial charge on any atom is 0.105 e. The Morgan fingerprint density at radius 3 is 2.71 bits per heavy atom. The van der Waals surface area contributed by atoms with Gasteiger partial charge in [0.15, 0.2) is 0 Å². The van der Waals surface area contributed by atoms with Crippen molar-refractivity contribution in [2.75, 3.05) is 19.0 Å². The molecule has 5 heteroatoms. The number of halogens is 1. The van der Waals surface area contributed by atoms with Crippen molar-refractivity contribution in [3.05, 3.63) is 58.6 Å². The molecule has 0 saturated heterocycles. The molecule has 0 aliphatic heterocycles. The molecule has 21 heavy (non-hydrogen) atoms. The lowest BCUT2D eigenvalue weighted by molar-refractivity contribution is 0.202. The molecule has 3 N–H and O–H groups in total. The lowest BCUT2D eigenvalue weighted by atomic mass is 10.1. The van der Waals surface area contributed by atoms with Gasteiger partial charge in [-0.05, 0) is 36.2 Å². The molecule has 0 unspecified atom stereocenters. The maximum atomic E-state index is 6.19. The number of anilines is 2. The molecule has 0 atom stereocenters. The Morgan fingerprint density at radius 2 is 2.05 bits per heavy atom. The number of rotatable bonds is 6. The van der Waals surface area contributed by atoms with E-state index in [4.69, 9.17) is 34.3 Å². The molecule has 0 radical (unpaired) electrons. The number of hydrogen-bond acceptors (Lipinski definition) is 3. The lowest BCUT2D eigenvalue weighted by Crippen LogP contribution is -2.10. The molecule has 0 aliphatic carbocycles. The minimum absolute atomic E-state index is 0.298. The number of methoxy groups -OCH3 is 1. The molecule has 2 rings (SSSR count). The van der Waals surface area contributed by atoms with E-state index in [1.165, 1.54) is 5.56 Å². The monoisotopic (exact) mass is 320 g/mol. The van der Waals surface area contributed by atoms with Gasteiger partial charge in [-0.25, -0.2) is 0 Å². The molecule has 110 valence electrons.